The third kappa shape index (κ3) is 5.04. The van der Waals surface area contributed by atoms with Crippen molar-refractivity contribution in [3.8, 4) is 5.88 Å². The lowest BCUT2D eigenvalue weighted by Gasteiger charge is -2.31. The second-order valence-electron chi connectivity index (χ2n) is 8.20. The normalized spacial score (nSPS) is 16.5. The summed E-state index contributed by atoms with van der Waals surface area (Å²) in [4.78, 5) is 50.8. The molecule has 0 atom stereocenters. The Hall–Kier alpha value is -3.07. The fourth-order valence-corrected chi connectivity index (χ4v) is 4.25. The van der Waals surface area contributed by atoms with E-state index in [0.717, 1.165) is 5.69 Å². The zero-order valence-electron chi connectivity index (χ0n) is 18.3. The van der Waals surface area contributed by atoms with Crippen LogP contribution in [0, 0.1) is 5.92 Å². The molecule has 0 aromatic carbocycles. The van der Waals surface area contributed by atoms with E-state index < -0.39 is 0 Å². The molecule has 2 aliphatic heterocycles. The second kappa shape index (κ2) is 10.0. The minimum atomic E-state index is -0.144. The van der Waals surface area contributed by atoms with Crippen molar-refractivity contribution in [3.05, 3.63) is 51.3 Å². The Morgan fingerprint density at radius 3 is 2.81 bits per heavy atom. The number of aromatic amines is 1. The SMILES string of the molecule is COc1ccc(C(=O)C2CCN(C(=O)CCCc3nc4c(c(=O)[nH]3)COCC4)CC2)cn1. The average molecular weight is 441 g/mol. The number of fused-ring (bicyclic) bond motifs is 1. The van der Waals surface area contributed by atoms with Crippen LogP contribution in [0.4, 0.5) is 0 Å². The van der Waals surface area contributed by atoms with Gasteiger partial charge in [0.05, 0.1) is 31.6 Å². The number of pyridine rings is 1. The molecular weight excluding hydrogens is 412 g/mol. The molecule has 1 N–H and O–H groups in total. The highest BCUT2D eigenvalue weighted by molar-refractivity contribution is 5.97. The number of amides is 1. The van der Waals surface area contributed by atoms with Crippen LogP contribution in [0.25, 0.3) is 0 Å². The number of H-pyrrole nitrogens is 1. The van der Waals surface area contributed by atoms with E-state index in [1.165, 1.54) is 7.11 Å². The summed E-state index contributed by atoms with van der Waals surface area (Å²) >= 11 is 0. The molecule has 9 heteroatoms. The molecule has 1 amide bonds. The molecule has 0 saturated carbocycles. The highest BCUT2D eigenvalue weighted by atomic mass is 16.5. The van der Waals surface area contributed by atoms with E-state index in [9.17, 15) is 14.4 Å². The number of Topliss-reactive ketones (excluding diaryl/α,β-unsaturated/α-hetero) is 1. The van der Waals surface area contributed by atoms with Crippen LogP contribution in [-0.2, 0) is 29.0 Å². The Balaban J connectivity index is 1.24. The van der Waals surface area contributed by atoms with Gasteiger partial charge in [0.15, 0.2) is 5.78 Å². The van der Waals surface area contributed by atoms with Crippen molar-refractivity contribution < 1.29 is 19.1 Å². The number of methoxy groups -OCH3 is 1. The summed E-state index contributed by atoms with van der Waals surface area (Å²) in [6, 6.07) is 3.42. The molecule has 2 aromatic heterocycles. The molecule has 2 aliphatic rings. The van der Waals surface area contributed by atoms with E-state index in [1.54, 1.807) is 18.3 Å². The highest BCUT2D eigenvalue weighted by Crippen LogP contribution is 2.23. The quantitative estimate of drug-likeness (QED) is 0.652. The van der Waals surface area contributed by atoms with Crippen LogP contribution in [0.1, 0.15) is 53.1 Å². The fraction of sp³-hybridized carbons (Fsp3) is 0.522. The Morgan fingerprint density at radius 1 is 1.28 bits per heavy atom. The highest BCUT2D eigenvalue weighted by Gasteiger charge is 2.28. The minimum absolute atomic E-state index is 0.0695. The van der Waals surface area contributed by atoms with Crippen LogP contribution in [0.5, 0.6) is 5.88 Å². The molecule has 4 heterocycles. The van der Waals surface area contributed by atoms with Crippen molar-refractivity contribution in [1.82, 2.24) is 19.9 Å². The number of hydrogen-bond donors (Lipinski definition) is 1. The van der Waals surface area contributed by atoms with Gasteiger partial charge < -0.3 is 19.4 Å². The van der Waals surface area contributed by atoms with Gasteiger partial charge in [-0.15, -0.1) is 0 Å². The molecule has 9 nitrogen and oxygen atoms in total. The van der Waals surface area contributed by atoms with E-state index >= 15 is 0 Å². The lowest BCUT2D eigenvalue weighted by atomic mass is 9.89. The molecule has 4 rings (SSSR count). The summed E-state index contributed by atoms with van der Waals surface area (Å²) in [5.41, 5.74) is 1.85. The maximum absolute atomic E-state index is 12.7. The molecule has 0 unspecified atom stereocenters. The zero-order valence-corrected chi connectivity index (χ0v) is 18.3. The molecule has 32 heavy (non-hydrogen) atoms. The van der Waals surface area contributed by atoms with E-state index in [0.29, 0.717) is 87.7 Å². The molecule has 0 bridgehead atoms. The topological polar surface area (TPSA) is 114 Å². The summed E-state index contributed by atoms with van der Waals surface area (Å²) in [6.07, 6.45) is 5.06. The van der Waals surface area contributed by atoms with Gasteiger partial charge in [-0.05, 0) is 25.3 Å². The molecule has 170 valence electrons. The van der Waals surface area contributed by atoms with Crippen LogP contribution in [0.2, 0.25) is 0 Å². The largest absolute Gasteiger partial charge is 0.481 e. The zero-order chi connectivity index (χ0) is 22.5. The summed E-state index contributed by atoms with van der Waals surface area (Å²) in [6.45, 7) is 2.04. The Labute approximate surface area is 186 Å². The number of nitrogens with one attached hydrogen (secondary N) is 1. The smallest absolute Gasteiger partial charge is 0.256 e. The van der Waals surface area contributed by atoms with Crippen molar-refractivity contribution in [2.24, 2.45) is 5.92 Å². The summed E-state index contributed by atoms with van der Waals surface area (Å²) in [7, 11) is 1.54. The molecule has 1 saturated heterocycles. The number of likely N-dealkylation sites (tertiary alicyclic amines) is 1. The van der Waals surface area contributed by atoms with Gasteiger partial charge >= 0.3 is 0 Å². The van der Waals surface area contributed by atoms with Crippen LogP contribution in [-0.4, -0.2) is 58.3 Å². The molecule has 0 radical (unpaired) electrons. The number of rotatable bonds is 7. The van der Waals surface area contributed by atoms with Gasteiger partial charge in [0.25, 0.3) is 5.56 Å². The maximum atomic E-state index is 12.7. The van der Waals surface area contributed by atoms with Crippen molar-refractivity contribution in [1.29, 1.82) is 0 Å². The van der Waals surface area contributed by atoms with Crippen LogP contribution >= 0.6 is 0 Å². The summed E-state index contributed by atoms with van der Waals surface area (Å²) in [5.74, 6) is 1.16. The van der Waals surface area contributed by atoms with Crippen LogP contribution in [0.3, 0.4) is 0 Å². The maximum Gasteiger partial charge on any atom is 0.256 e. The fourth-order valence-electron chi connectivity index (χ4n) is 4.25. The molecule has 1 fully saturated rings. The van der Waals surface area contributed by atoms with Crippen molar-refractivity contribution in [3.63, 3.8) is 0 Å². The third-order valence-electron chi connectivity index (χ3n) is 6.13. The number of aryl methyl sites for hydroxylation is 1. The lowest BCUT2D eigenvalue weighted by Crippen LogP contribution is -2.40. The number of aromatic nitrogens is 3. The summed E-state index contributed by atoms with van der Waals surface area (Å²) < 4.78 is 10.3. The van der Waals surface area contributed by atoms with Gasteiger partial charge in [0.1, 0.15) is 5.82 Å². The Bertz CT molecular complexity index is 1030. The predicted molar refractivity (Wildman–Crippen MR) is 116 cm³/mol. The van der Waals surface area contributed by atoms with Crippen molar-refractivity contribution in [2.45, 2.75) is 45.1 Å². The molecule has 2 aromatic rings. The van der Waals surface area contributed by atoms with E-state index in [2.05, 4.69) is 15.0 Å². The lowest BCUT2D eigenvalue weighted by molar-refractivity contribution is -0.132. The number of ether oxygens (including phenoxy) is 2. The van der Waals surface area contributed by atoms with Crippen molar-refractivity contribution in [2.75, 3.05) is 26.8 Å². The predicted octanol–water partition coefficient (Wildman–Crippen LogP) is 1.69. The van der Waals surface area contributed by atoms with E-state index in [-0.39, 0.29) is 23.2 Å². The number of carbonyl (C=O) groups is 2. The third-order valence-corrected chi connectivity index (χ3v) is 6.13. The number of nitrogens with zero attached hydrogens (tertiary/aromatic N) is 3. The van der Waals surface area contributed by atoms with E-state index in [4.69, 9.17) is 9.47 Å². The Kier molecular flexibility index (Phi) is 6.94. The van der Waals surface area contributed by atoms with Crippen molar-refractivity contribution >= 4 is 11.7 Å². The van der Waals surface area contributed by atoms with Crippen LogP contribution in [0.15, 0.2) is 23.1 Å². The average Bonchev–Trinajstić information content (AvgIpc) is 2.84. The minimum Gasteiger partial charge on any atom is -0.481 e. The molecule has 0 aliphatic carbocycles. The first kappa shape index (κ1) is 22.1. The first-order valence-corrected chi connectivity index (χ1v) is 11.1. The number of carbonyl (C=O) groups excluding carboxylic acids is 2. The standard InChI is InChI=1S/C23H28N4O5/c1-31-20-6-5-16(13-24-20)22(29)15-7-10-27(11-8-15)21(28)4-2-3-19-25-18-9-12-32-14-17(18)23(30)26-19/h5-6,13,15H,2-4,7-12,14H2,1H3,(H,25,26,30). The Morgan fingerprint density at radius 2 is 2.09 bits per heavy atom. The van der Waals surface area contributed by atoms with Crippen LogP contribution < -0.4 is 10.3 Å². The van der Waals surface area contributed by atoms with Gasteiger partial charge in [-0.3, -0.25) is 14.4 Å². The van der Waals surface area contributed by atoms with E-state index in [1.807, 2.05) is 4.90 Å². The van der Waals surface area contributed by atoms with Gasteiger partial charge in [0, 0.05) is 56.1 Å². The summed E-state index contributed by atoms with van der Waals surface area (Å²) in [5, 5.41) is 0. The first-order chi connectivity index (χ1) is 15.5. The second-order valence-corrected chi connectivity index (χ2v) is 8.20. The van der Waals surface area contributed by atoms with Gasteiger partial charge in [-0.1, -0.05) is 0 Å². The van der Waals surface area contributed by atoms with Gasteiger partial charge in [-0.25, -0.2) is 9.97 Å². The van der Waals surface area contributed by atoms with Gasteiger partial charge in [0.2, 0.25) is 11.8 Å². The number of hydrogen-bond acceptors (Lipinski definition) is 7. The first-order valence-electron chi connectivity index (χ1n) is 11.1. The van der Waals surface area contributed by atoms with Gasteiger partial charge in [-0.2, -0.15) is 0 Å². The molecular formula is C23H28N4O5. The molecule has 0 spiro atoms. The number of ketones is 1. The number of piperidine rings is 1. The monoisotopic (exact) mass is 440 g/mol.